The molecule has 7 heteroatoms. The Kier molecular flexibility index (Phi) is 3.25. The Balaban J connectivity index is 1.94. The molecule has 1 aromatic rings. The molecular formula is C14H14N2O5. The van der Waals surface area contributed by atoms with Gasteiger partial charge in [-0.3, -0.25) is 14.9 Å². The van der Waals surface area contributed by atoms with Gasteiger partial charge >= 0.3 is 6.03 Å². The lowest BCUT2D eigenvalue weighted by Crippen LogP contribution is -2.58. The fourth-order valence-electron chi connectivity index (χ4n) is 2.43. The van der Waals surface area contributed by atoms with E-state index in [1.165, 1.54) is 0 Å². The highest BCUT2D eigenvalue weighted by Gasteiger charge is 2.40. The van der Waals surface area contributed by atoms with Crippen molar-refractivity contribution in [1.82, 2.24) is 5.32 Å². The van der Waals surface area contributed by atoms with Gasteiger partial charge in [-0.1, -0.05) is 13.3 Å². The molecule has 1 saturated heterocycles. The smallest absolute Gasteiger partial charge is 0.335 e. The van der Waals surface area contributed by atoms with Crippen LogP contribution in [0.2, 0.25) is 0 Å². The van der Waals surface area contributed by atoms with Crippen molar-refractivity contribution in [3.63, 3.8) is 0 Å². The average Bonchev–Trinajstić information content (AvgIpc) is 2.91. The fourth-order valence-corrected chi connectivity index (χ4v) is 2.43. The number of hydrogen-bond donors (Lipinski definition) is 1. The number of fused-ring (bicyclic) bond motifs is 1. The van der Waals surface area contributed by atoms with Crippen molar-refractivity contribution >= 4 is 23.5 Å². The highest BCUT2D eigenvalue weighted by atomic mass is 16.7. The Labute approximate surface area is 120 Å². The predicted octanol–water partition coefficient (Wildman–Crippen LogP) is 1.41. The van der Waals surface area contributed by atoms with Crippen LogP contribution in [0.25, 0.3) is 0 Å². The normalized spacial score (nSPS) is 20.7. The van der Waals surface area contributed by atoms with Crippen molar-refractivity contribution in [2.45, 2.75) is 19.8 Å². The van der Waals surface area contributed by atoms with Crippen LogP contribution < -0.4 is 19.7 Å². The first-order valence-electron chi connectivity index (χ1n) is 6.70. The quantitative estimate of drug-likeness (QED) is 0.851. The van der Waals surface area contributed by atoms with E-state index in [1.807, 2.05) is 6.92 Å². The van der Waals surface area contributed by atoms with Crippen LogP contribution in [0.5, 0.6) is 11.5 Å². The molecule has 0 saturated carbocycles. The molecule has 0 spiro atoms. The highest BCUT2D eigenvalue weighted by Crippen LogP contribution is 2.36. The second-order valence-corrected chi connectivity index (χ2v) is 4.85. The van der Waals surface area contributed by atoms with E-state index in [4.69, 9.17) is 9.47 Å². The molecule has 110 valence electrons. The van der Waals surface area contributed by atoms with Gasteiger partial charge in [0.1, 0.15) is 5.92 Å². The Morgan fingerprint density at radius 1 is 1.24 bits per heavy atom. The molecule has 4 amide bonds. The zero-order valence-corrected chi connectivity index (χ0v) is 11.4. The lowest BCUT2D eigenvalue weighted by molar-refractivity contribution is -0.134. The zero-order chi connectivity index (χ0) is 15.0. The van der Waals surface area contributed by atoms with E-state index in [1.54, 1.807) is 18.2 Å². The number of hydrogen-bond acceptors (Lipinski definition) is 5. The van der Waals surface area contributed by atoms with Gasteiger partial charge in [-0.25, -0.2) is 9.69 Å². The third-order valence-corrected chi connectivity index (χ3v) is 3.46. The molecule has 2 aliphatic heterocycles. The summed E-state index contributed by atoms with van der Waals surface area (Å²) in [7, 11) is 0. The van der Waals surface area contributed by atoms with E-state index < -0.39 is 23.8 Å². The molecule has 1 N–H and O–H groups in total. The largest absolute Gasteiger partial charge is 0.454 e. The van der Waals surface area contributed by atoms with E-state index in [-0.39, 0.29) is 6.79 Å². The van der Waals surface area contributed by atoms with Gasteiger partial charge < -0.3 is 9.47 Å². The van der Waals surface area contributed by atoms with Crippen molar-refractivity contribution in [2.24, 2.45) is 5.92 Å². The molecule has 1 atom stereocenters. The molecule has 1 unspecified atom stereocenters. The molecule has 2 heterocycles. The van der Waals surface area contributed by atoms with Crippen LogP contribution in [0.4, 0.5) is 10.5 Å². The van der Waals surface area contributed by atoms with Crippen molar-refractivity contribution in [2.75, 3.05) is 11.7 Å². The van der Waals surface area contributed by atoms with Gasteiger partial charge in [-0.2, -0.15) is 0 Å². The van der Waals surface area contributed by atoms with Gasteiger partial charge in [0.25, 0.3) is 0 Å². The summed E-state index contributed by atoms with van der Waals surface area (Å²) in [4.78, 5) is 37.1. The number of rotatable bonds is 3. The minimum absolute atomic E-state index is 0.107. The second-order valence-electron chi connectivity index (χ2n) is 4.85. The molecule has 1 aromatic carbocycles. The number of barbiturate groups is 1. The topological polar surface area (TPSA) is 84.9 Å². The first kappa shape index (κ1) is 13.4. The van der Waals surface area contributed by atoms with Crippen molar-refractivity contribution in [1.29, 1.82) is 0 Å². The molecule has 1 fully saturated rings. The molecule has 7 nitrogen and oxygen atoms in total. The van der Waals surface area contributed by atoms with E-state index in [0.29, 0.717) is 30.0 Å². The van der Waals surface area contributed by atoms with Gasteiger partial charge in [0.05, 0.1) is 5.69 Å². The summed E-state index contributed by atoms with van der Waals surface area (Å²) in [5.74, 6) is -0.853. The molecule has 0 aromatic heterocycles. The first-order valence-corrected chi connectivity index (χ1v) is 6.70. The summed E-state index contributed by atoms with van der Waals surface area (Å²) in [6.45, 7) is 1.98. The lowest BCUT2D eigenvalue weighted by atomic mass is 9.99. The molecule has 0 bridgehead atoms. The Morgan fingerprint density at radius 3 is 2.76 bits per heavy atom. The van der Waals surface area contributed by atoms with Crippen molar-refractivity contribution < 1.29 is 23.9 Å². The number of amides is 4. The van der Waals surface area contributed by atoms with Crippen LogP contribution in [-0.2, 0) is 9.59 Å². The first-order chi connectivity index (χ1) is 10.1. The summed E-state index contributed by atoms with van der Waals surface area (Å²) in [6.07, 6.45) is 1.08. The summed E-state index contributed by atoms with van der Waals surface area (Å²) in [5.41, 5.74) is 0.357. The van der Waals surface area contributed by atoms with Gasteiger partial charge in [0, 0.05) is 6.07 Å². The van der Waals surface area contributed by atoms with E-state index in [2.05, 4.69) is 5.32 Å². The monoisotopic (exact) mass is 290 g/mol. The number of imide groups is 2. The SMILES string of the molecule is CCCC1C(=O)NC(=O)N(c2ccc3c(c2)OCO3)C1=O. The summed E-state index contributed by atoms with van der Waals surface area (Å²) in [5, 5.41) is 2.22. The van der Waals surface area contributed by atoms with Crippen LogP contribution in [0.1, 0.15) is 19.8 Å². The van der Waals surface area contributed by atoms with Gasteiger partial charge in [-0.15, -0.1) is 0 Å². The molecule has 21 heavy (non-hydrogen) atoms. The lowest BCUT2D eigenvalue weighted by Gasteiger charge is -2.30. The maximum absolute atomic E-state index is 12.4. The number of nitrogens with zero attached hydrogens (tertiary/aromatic N) is 1. The third-order valence-electron chi connectivity index (χ3n) is 3.46. The second kappa shape index (κ2) is 5.08. The molecule has 3 rings (SSSR count). The summed E-state index contributed by atoms with van der Waals surface area (Å²) < 4.78 is 10.4. The predicted molar refractivity (Wildman–Crippen MR) is 72.0 cm³/mol. The number of anilines is 1. The third kappa shape index (κ3) is 2.20. The number of ether oxygens (including phenoxy) is 2. The van der Waals surface area contributed by atoms with Gasteiger partial charge in [-0.05, 0) is 18.6 Å². The minimum Gasteiger partial charge on any atom is -0.454 e. The maximum Gasteiger partial charge on any atom is 0.335 e. The number of carbonyl (C=O) groups excluding carboxylic acids is 3. The van der Waals surface area contributed by atoms with Crippen LogP contribution in [0, 0.1) is 5.92 Å². The number of urea groups is 1. The molecule has 0 aliphatic carbocycles. The number of nitrogens with one attached hydrogen (secondary N) is 1. The fraction of sp³-hybridized carbons (Fsp3) is 0.357. The highest BCUT2D eigenvalue weighted by molar-refractivity contribution is 6.27. The standard InChI is InChI=1S/C14H14N2O5/c1-2-3-9-12(17)15-14(19)16(13(9)18)8-4-5-10-11(6-8)21-7-20-10/h4-6,9H,2-3,7H2,1H3,(H,15,17,19). The van der Waals surface area contributed by atoms with E-state index in [9.17, 15) is 14.4 Å². The van der Waals surface area contributed by atoms with Gasteiger partial charge in [0.15, 0.2) is 11.5 Å². The maximum atomic E-state index is 12.4. The molecular weight excluding hydrogens is 276 g/mol. The van der Waals surface area contributed by atoms with Crippen LogP contribution in [-0.4, -0.2) is 24.6 Å². The van der Waals surface area contributed by atoms with Gasteiger partial charge in [0.2, 0.25) is 18.6 Å². The van der Waals surface area contributed by atoms with Crippen LogP contribution in [0.15, 0.2) is 18.2 Å². The summed E-state index contributed by atoms with van der Waals surface area (Å²) in [6, 6.07) is 4.03. The van der Waals surface area contributed by atoms with Crippen molar-refractivity contribution in [3.8, 4) is 11.5 Å². The number of benzene rings is 1. The van der Waals surface area contributed by atoms with Crippen LogP contribution in [0.3, 0.4) is 0 Å². The Morgan fingerprint density at radius 2 is 2.00 bits per heavy atom. The number of carbonyl (C=O) groups is 3. The minimum atomic E-state index is -0.835. The summed E-state index contributed by atoms with van der Waals surface area (Å²) >= 11 is 0. The van der Waals surface area contributed by atoms with E-state index in [0.717, 1.165) is 4.90 Å². The Hall–Kier alpha value is -2.57. The average molecular weight is 290 g/mol. The molecule has 2 aliphatic rings. The van der Waals surface area contributed by atoms with Crippen LogP contribution >= 0.6 is 0 Å². The van der Waals surface area contributed by atoms with E-state index >= 15 is 0 Å². The zero-order valence-electron chi connectivity index (χ0n) is 11.4. The Bertz CT molecular complexity index is 628. The molecule has 0 radical (unpaired) electrons. The van der Waals surface area contributed by atoms with Crippen molar-refractivity contribution in [3.05, 3.63) is 18.2 Å².